The Morgan fingerprint density at radius 1 is 1.36 bits per heavy atom. The summed E-state index contributed by atoms with van der Waals surface area (Å²) in [5.41, 5.74) is 0. The van der Waals surface area contributed by atoms with E-state index in [9.17, 15) is 0 Å². The van der Waals surface area contributed by atoms with Gasteiger partial charge in [0.1, 0.15) is 0 Å². The molecule has 2 rings (SSSR count). The van der Waals surface area contributed by atoms with Gasteiger partial charge >= 0.3 is 0 Å². The van der Waals surface area contributed by atoms with Gasteiger partial charge in [0.25, 0.3) is 0 Å². The molecule has 1 N–H and O–H groups in total. The van der Waals surface area contributed by atoms with E-state index in [-0.39, 0.29) is 0 Å². The average molecular weight is 198 g/mol. The first kappa shape index (κ1) is 10.4. The molecule has 1 unspecified atom stereocenters. The molecular formula is C11H22N2O. The summed E-state index contributed by atoms with van der Waals surface area (Å²) in [6, 6.07) is 0.558. The van der Waals surface area contributed by atoms with E-state index in [0.717, 1.165) is 32.2 Å². The van der Waals surface area contributed by atoms with Gasteiger partial charge in [-0.05, 0) is 25.3 Å². The van der Waals surface area contributed by atoms with Crippen molar-refractivity contribution in [2.45, 2.75) is 25.8 Å². The molecule has 82 valence electrons. The molecule has 1 saturated heterocycles. The molecule has 1 aliphatic carbocycles. The molecule has 0 aromatic rings. The van der Waals surface area contributed by atoms with Gasteiger partial charge in [0, 0.05) is 25.7 Å². The Hall–Kier alpha value is -0.120. The van der Waals surface area contributed by atoms with E-state index in [1.54, 1.807) is 0 Å². The van der Waals surface area contributed by atoms with E-state index in [2.05, 4.69) is 17.1 Å². The summed E-state index contributed by atoms with van der Waals surface area (Å²) >= 11 is 0. The normalized spacial score (nSPS) is 28.3. The van der Waals surface area contributed by atoms with Gasteiger partial charge in [-0.1, -0.05) is 6.92 Å². The maximum Gasteiger partial charge on any atom is 0.0632 e. The van der Waals surface area contributed by atoms with E-state index < -0.39 is 0 Å². The van der Waals surface area contributed by atoms with Crippen LogP contribution in [0.5, 0.6) is 0 Å². The third kappa shape index (κ3) is 3.23. The number of hydrogen-bond acceptors (Lipinski definition) is 3. The fourth-order valence-electron chi connectivity index (χ4n) is 2.05. The van der Waals surface area contributed by atoms with Gasteiger partial charge in [-0.3, -0.25) is 0 Å². The zero-order valence-corrected chi connectivity index (χ0v) is 9.17. The second kappa shape index (κ2) is 5.10. The highest BCUT2D eigenvalue weighted by atomic mass is 16.5. The summed E-state index contributed by atoms with van der Waals surface area (Å²) < 4.78 is 5.46. The van der Waals surface area contributed by atoms with Crippen LogP contribution in [0.3, 0.4) is 0 Å². The molecule has 1 saturated carbocycles. The molecule has 1 atom stereocenters. The predicted octanol–water partition coefficient (Wildman–Crippen LogP) is 0.707. The second-order valence-corrected chi connectivity index (χ2v) is 4.52. The Kier molecular flexibility index (Phi) is 3.79. The van der Waals surface area contributed by atoms with Crippen molar-refractivity contribution in [2.75, 3.05) is 39.4 Å². The number of ether oxygens (including phenoxy) is 1. The minimum Gasteiger partial charge on any atom is -0.378 e. The van der Waals surface area contributed by atoms with E-state index in [4.69, 9.17) is 4.74 Å². The third-order valence-corrected chi connectivity index (χ3v) is 3.14. The van der Waals surface area contributed by atoms with Crippen LogP contribution >= 0.6 is 0 Å². The van der Waals surface area contributed by atoms with Crippen molar-refractivity contribution in [3.63, 3.8) is 0 Å². The van der Waals surface area contributed by atoms with Gasteiger partial charge in [-0.15, -0.1) is 0 Å². The van der Waals surface area contributed by atoms with Gasteiger partial charge in [0.2, 0.25) is 0 Å². The Morgan fingerprint density at radius 2 is 2.21 bits per heavy atom. The van der Waals surface area contributed by atoms with Crippen molar-refractivity contribution in [1.29, 1.82) is 0 Å². The van der Waals surface area contributed by atoms with Gasteiger partial charge in [0.15, 0.2) is 0 Å². The molecule has 0 spiro atoms. The van der Waals surface area contributed by atoms with Crippen LogP contribution in [0.15, 0.2) is 0 Å². The summed E-state index contributed by atoms with van der Waals surface area (Å²) in [6.07, 6.45) is 2.90. The molecule has 2 aliphatic rings. The Labute approximate surface area is 86.8 Å². The number of likely N-dealkylation sites (N-methyl/N-ethyl adjacent to an activating group) is 1. The van der Waals surface area contributed by atoms with Crippen LogP contribution in [0, 0.1) is 5.92 Å². The lowest BCUT2D eigenvalue weighted by atomic mass is 10.2. The minimum atomic E-state index is 0.558. The molecule has 3 heteroatoms. The van der Waals surface area contributed by atoms with E-state index in [1.165, 1.54) is 25.9 Å². The third-order valence-electron chi connectivity index (χ3n) is 3.14. The van der Waals surface area contributed by atoms with Crippen LogP contribution in [0.1, 0.15) is 19.8 Å². The summed E-state index contributed by atoms with van der Waals surface area (Å²) in [7, 11) is 0. The maximum atomic E-state index is 5.46. The molecule has 0 radical (unpaired) electrons. The largest absolute Gasteiger partial charge is 0.378 e. The quantitative estimate of drug-likeness (QED) is 0.704. The first-order chi connectivity index (χ1) is 6.88. The van der Waals surface area contributed by atoms with Crippen molar-refractivity contribution in [1.82, 2.24) is 10.2 Å². The molecule has 1 aliphatic heterocycles. The summed E-state index contributed by atoms with van der Waals surface area (Å²) in [5.74, 6) is 0.999. The lowest BCUT2D eigenvalue weighted by molar-refractivity contribution is 0.0619. The average Bonchev–Trinajstić information content (AvgIpc) is 3.02. The SMILES string of the molecule is CCN(CC1CC1)CC1COCCN1. The highest BCUT2D eigenvalue weighted by Gasteiger charge is 2.25. The molecule has 14 heavy (non-hydrogen) atoms. The van der Waals surface area contributed by atoms with Gasteiger partial charge in [-0.25, -0.2) is 0 Å². The predicted molar refractivity (Wildman–Crippen MR) is 57.4 cm³/mol. The fraction of sp³-hybridized carbons (Fsp3) is 1.00. The fourth-order valence-corrected chi connectivity index (χ4v) is 2.05. The van der Waals surface area contributed by atoms with Crippen molar-refractivity contribution < 1.29 is 4.74 Å². The number of rotatable bonds is 5. The van der Waals surface area contributed by atoms with Gasteiger partial charge < -0.3 is 15.0 Å². The van der Waals surface area contributed by atoms with Gasteiger partial charge in [0.05, 0.1) is 13.2 Å². The van der Waals surface area contributed by atoms with Crippen LogP contribution in [-0.2, 0) is 4.74 Å². The number of morpholine rings is 1. The Bertz CT molecular complexity index is 165. The minimum absolute atomic E-state index is 0.558. The Balaban J connectivity index is 1.68. The van der Waals surface area contributed by atoms with Crippen LogP contribution < -0.4 is 5.32 Å². The van der Waals surface area contributed by atoms with Crippen molar-refractivity contribution >= 4 is 0 Å². The molecule has 0 amide bonds. The van der Waals surface area contributed by atoms with Crippen LogP contribution in [0.2, 0.25) is 0 Å². The number of hydrogen-bond donors (Lipinski definition) is 1. The first-order valence-corrected chi connectivity index (χ1v) is 5.92. The first-order valence-electron chi connectivity index (χ1n) is 5.92. The molecular weight excluding hydrogens is 176 g/mol. The molecule has 0 bridgehead atoms. The van der Waals surface area contributed by atoms with Crippen molar-refractivity contribution in [3.8, 4) is 0 Å². The summed E-state index contributed by atoms with van der Waals surface area (Å²) in [4.78, 5) is 2.56. The van der Waals surface area contributed by atoms with Gasteiger partial charge in [-0.2, -0.15) is 0 Å². The topological polar surface area (TPSA) is 24.5 Å². The smallest absolute Gasteiger partial charge is 0.0632 e. The zero-order valence-electron chi connectivity index (χ0n) is 9.17. The molecule has 1 heterocycles. The molecule has 0 aromatic heterocycles. The Morgan fingerprint density at radius 3 is 2.79 bits per heavy atom. The standard InChI is InChI=1S/C11H22N2O/c1-2-13(7-10-3-4-10)8-11-9-14-6-5-12-11/h10-12H,2-9H2,1H3. The van der Waals surface area contributed by atoms with E-state index in [1.807, 2.05) is 0 Å². The van der Waals surface area contributed by atoms with Crippen LogP contribution in [0.4, 0.5) is 0 Å². The van der Waals surface area contributed by atoms with Crippen LogP contribution in [0.25, 0.3) is 0 Å². The zero-order chi connectivity index (χ0) is 9.80. The van der Waals surface area contributed by atoms with E-state index in [0.29, 0.717) is 6.04 Å². The summed E-state index contributed by atoms with van der Waals surface area (Å²) in [6.45, 7) is 8.68. The molecule has 3 nitrogen and oxygen atoms in total. The lowest BCUT2D eigenvalue weighted by Crippen LogP contribution is -2.48. The monoisotopic (exact) mass is 198 g/mol. The van der Waals surface area contributed by atoms with Crippen molar-refractivity contribution in [3.05, 3.63) is 0 Å². The van der Waals surface area contributed by atoms with Crippen LogP contribution in [-0.4, -0.2) is 50.3 Å². The highest BCUT2D eigenvalue weighted by molar-refractivity contribution is 4.80. The molecule has 0 aromatic carbocycles. The maximum absolute atomic E-state index is 5.46. The van der Waals surface area contributed by atoms with E-state index >= 15 is 0 Å². The number of nitrogens with one attached hydrogen (secondary N) is 1. The van der Waals surface area contributed by atoms with Crippen molar-refractivity contribution in [2.24, 2.45) is 5.92 Å². The highest BCUT2D eigenvalue weighted by Crippen LogP contribution is 2.29. The number of nitrogens with zero attached hydrogens (tertiary/aromatic N) is 1. The second-order valence-electron chi connectivity index (χ2n) is 4.52. The summed E-state index contributed by atoms with van der Waals surface area (Å²) in [5, 5.41) is 3.51. The lowest BCUT2D eigenvalue weighted by Gasteiger charge is -2.29. The molecule has 2 fully saturated rings.